The van der Waals surface area contributed by atoms with Gasteiger partial charge >= 0.3 is 6.18 Å². The Bertz CT molecular complexity index is 695. The molecule has 1 heterocycles. The Balaban J connectivity index is 2.34. The highest BCUT2D eigenvalue weighted by Crippen LogP contribution is 2.32. The molecule has 0 saturated carbocycles. The van der Waals surface area contributed by atoms with Crippen LogP contribution < -0.4 is 5.73 Å². The largest absolute Gasteiger partial charge is 0.416 e. The minimum absolute atomic E-state index is 0.102. The topological polar surface area (TPSA) is 75.8 Å². The van der Waals surface area contributed by atoms with Gasteiger partial charge in [-0.05, 0) is 30.2 Å². The van der Waals surface area contributed by atoms with Crippen molar-refractivity contribution in [2.24, 2.45) is 10.7 Å². The molecule has 1 aromatic rings. The van der Waals surface area contributed by atoms with E-state index in [9.17, 15) is 21.6 Å². The first kappa shape index (κ1) is 16.6. The molecule has 1 aliphatic rings. The molecule has 0 aromatic heterocycles. The van der Waals surface area contributed by atoms with Gasteiger partial charge in [0.05, 0.1) is 17.0 Å². The smallest absolute Gasteiger partial charge is 0.370 e. The molecule has 1 fully saturated rings. The van der Waals surface area contributed by atoms with Gasteiger partial charge in [0.15, 0.2) is 15.8 Å². The number of hydrogen-bond acceptors (Lipinski definition) is 3. The van der Waals surface area contributed by atoms with Gasteiger partial charge in [0.2, 0.25) is 0 Å². The summed E-state index contributed by atoms with van der Waals surface area (Å²) >= 11 is 0. The Kier molecular flexibility index (Phi) is 4.37. The summed E-state index contributed by atoms with van der Waals surface area (Å²) in [6.45, 7) is 1.44. The van der Waals surface area contributed by atoms with Gasteiger partial charge < -0.3 is 10.6 Å². The number of aliphatic imine (C=N–C) groups is 1. The maximum Gasteiger partial charge on any atom is 0.416 e. The molecule has 5 nitrogen and oxygen atoms in total. The summed E-state index contributed by atoms with van der Waals surface area (Å²) in [6, 6.07) is 2.71. The van der Waals surface area contributed by atoms with Gasteiger partial charge in [0, 0.05) is 19.3 Å². The third-order valence-electron chi connectivity index (χ3n) is 3.33. The first-order valence-electron chi connectivity index (χ1n) is 6.53. The molecule has 9 heteroatoms. The van der Waals surface area contributed by atoms with Crippen LogP contribution in [0.5, 0.6) is 0 Å². The van der Waals surface area contributed by atoms with Crippen LogP contribution in [0.25, 0.3) is 0 Å². The van der Waals surface area contributed by atoms with Crippen molar-refractivity contribution < 1.29 is 21.6 Å². The van der Waals surface area contributed by atoms with E-state index in [0.29, 0.717) is 6.07 Å². The van der Waals surface area contributed by atoms with Gasteiger partial charge in [0.1, 0.15) is 0 Å². The van der Waals surface area contributed by atoms with E-state index >= 15 is 0 Å². The molecule has 0 bridgehead atoms. The van der Waals surface area contributed by atoms with Crippen molar-refractivity contribution in [2.45, 2.75) is 24.0 Å². The van der Waals surface area contributed by atoms with Crippen LogP contribution in [0.15, 0.2) is 28.1 Å². The lowest BCUT2D eigenvalue weighted by molar-refractivity contribution is -0.137. The van der Waals surface area contributed by atoms with E-state index in [4.69, 9.17) is 5.73 Å². The first-order chi connectivity index (χ1) is 10.1. The van der Waals surface area contributed by atoms with E-state index in [1.165, 1.54) is 6.07 Å². The number of likely N-dealkylation sites (tertiary alicyclic amines) is 1. The maximum atomic E-state index is 12.9. The molecular formula is C13H16F3N3O2S. The lowest BCUT2D eigenvalue weighted by Gasteiger charge is -2.31. The molecule has 1 aliphatic heterocycles. The Morgan fingerprint density at radius 2 is 1.95 bits per heavy atom. The molecule has 122 valence electrons. The summed E-state index contributed by atoms with van der Waals surface area (Å²) in [6.07, 6.45) is -2.76. The second-order valence-electron chi connectivity index (χ2n) is 5.15. The number of hydrogen-bond donors (Lipinski definition) is 1. The highest BCUT2D eigenvalue weighted by Gasteiger charge is 2.32. The molecule has 22 heavy (non-hydrogen) atoms. The molecule has 1 saturated heterocycles. The average Bonchev–Trinajstić information content (AvgIpc) is 2.32. The van der Waals surface area contributed by atoms with Gasteiger partial charge in [-0.2, -0.15) is 13.2 Å². The molecule has 0 aliphatic carbocycles. The van der Waals surface area contributed by atoms with Crippen LogP contribution in [0.2, 0.25) is 0 Å². The van der Waals surface area contributed by atoms with Crippen LogP contribution in [0.1, 0.15) is 17.5 Å². The van der Waals surface area contributed by atoms with Crippen molar-refractivity contribution in [3.8, 4) is 0 Å². The second kappa shape index (κ2) is 5.79. The zero-order chi connectivity index (χ0) is 16.5. The molecule has 2 rings (SSSR count). The lowest BCUT2D eigenvalue weighted by Crippen LogP contribution is -2.46. The summed E-state index contributed by atoms with van der Waals surface area (Å²) in [5.41, 5.74) is 4.85. The fraction of sp³-hybridized carbons (Fsp3) is 0.462. The SMILES string of the molecule is CS(=O)(=O)c1cc(CN=C(N)N2CCC2)cc(C(F)(F)F)c1. The Morgan fingerprint density at radius 3 is 2.41 bits per heavy atom. The van der Waals surface area contributed by atoms with Crippen LogP contribution >= 0.6 is 0 Å². The Hall–Kier alpha value is -1.77. The van der Waals surface area contributed by atoms with Gasteiger partial charge in [-0.25, -0.2) is 13.4 Å². The Morgan fingerprint density at radius 1 is 1.32 bits per heavy atom. The standard InChI is InChI=1S/C13H16F3N3O2S/c1-22(20,21)11-6-9(5-10(7-11)13(14,15)16)8-18-12(17)19-3-2-4-19/h5-7H,2-4,8H2,1H3,(H2,17,18). The fourth-order valence-electron chi connectivity index (χ4n) is 1.95. The first-order valence-corrected chi connectivity index (χ1v) is 8.42. The number of benzene rings is 1. The van der Waals surface area contributed by atoms with Crippen LogP contribution in [-0.2, 0) is 22.6 Å². The van der Waals surface area contributed by atoms with E-state index < -0.39 is 21.6 Å². The molecule has 2 N–H and O–H groups in total. The van der Waals surface area contributed by atoms with E-state index in [-0.39, 0.29) is 23.0 Å². The number of guanidine groups is 1. The monoisotopic (exact) mass is 335 g/mol. The van der Waals surface area contributed by atoms with E-state index in [1.54, 1.807) is 4.90 Å². The van der Waals surface area contributed by atoms with Gasteiger partial charge in [-0.3, -0.25) is 0 Å². The highest BCUT2D eigenvalue weighted by molar-refractivity contribution is 7.90. The molecular weight excluding hydrogens is 319 g/mol. The molecule has 0 spiro atoms. The summed E-state index contributed by atoms with van der Waals surface area (Å²) in [7, 11) is -3.75. The fourth-order valence-corrected chi connectivity index (χ4v) is 2.65. The molecule has 0 radical (unpaired) electrons. The minimum atomic E-state index is -4.62. The second-order valence-corrected chi connectivity index (χ2v) is 7.17. The summed E-state index contributed by atoms with van der Waals surface area (Å²) in [5, 5.41) is 0. The maximum absolute atomic E-state index is 12.9. The summed E-state index contributed by atoms with van der Waals surface area (Å²) in [4.78, 5) is 5.44. The van der Waals surface area contributed by atoms with Gasteiger partial charge in [-0.1, -0.05) is 0 Å². The van der Waals surface area contributed by atoms with Crippen molar-refractivity contribution in [3.63, 3.8) is 0 Å². The molecule has 0 atom stereocenters. The molecule has 1 aromatic carbocycles. The summed E-state index contributed by atoms with van der Waals surface area (Å²) < 4.78 is 61.6. The van der Waals surface area contributed by atoms with Crippen LogP contribution in [0, 0.1) is 0 Å². The van der Waals surface area contributed by atoms with Crippen molar-refractivity contribution in [3.05, 3.63) is 29.3 Å². The normalized spacial score (nSPS) is 16.5. The minimum Gasteiger partial charge on any atom is -0.370 e. The predicted octanol–water partition coefficient (Wildman–Crippen LogP) is 1.63. The lowest BCUT2D eigenvalue weighted by atomic mass is 10.1. The zero-order valence-electron chi connectivity index (χ0n) is 11.9. The van der Waals surface area contributed by atoms with Gasteiger partial charge in [0.25, 0.3) is 0 Å². The van der Waals surface area contributed by atoms with E-state index in [2.05, 4.69) is 4.99 Å². The molecule has 0 unspecified atom stereocenters. The van der Waals surface area contributed by atoms with Crippen molar-refractivity contribution in [2.75, 3.05) is 19.3 Å². The number of alkyl halides is 3. The quantitative estimate of drug-likeness (QED) is 0.673. The molecule has 0 amide bonds. The average molecular weight is 335 g/mol. The number of nitrogens with two attached hydrogens (primary N) is 1. The Labute approximate surface area is 126 Å². The highest BCUT2D eigenvalue weighted by atomic mass is 32.2. The number of sulfone groups is 1. The summed E-state index contributed by atoms with van der Waals surface area (Å²) in [5.74, 6) is 0.254. The predicted molar refractivity (Wildman–Crippen MR) is 76.1 cm³/mol. The van der Waals surface area contributed by atoms with E-state index in [0.717, 1.165) is 31.8 Å². The van der Waals surface area contributed by atoms with Gasteiger partial charge in [-0.15, -0.1) is 0 Å². The third kappa shape index (κ3) is 3.90. The van der Waals surface area contributed by atoms with Crippen molar-refractivity contribution in [1.29, 1.82) is 0 Å². The number of nitrogens with zero attached hydrogens (tertiary/aromatic N) is 2. The van der Waals surface area contributed by atoms with Crippen molar-refractivity contribution >= 4 is 15.8 Å². The van der Waals surface area contributed by atoms with Crippen LogP contribution in [0.4, 0.5) is 13.2 Å². The van der Waals surface area contributed by atoms with Crippen molar-refractivity contribution in [1.82, 2.24) is 4.90 Å². The van der Waals surface area contributed by atoms with Crippen LogP contribution in [-0.4, -0.2) is 38.6 Å². The van der Waals surface area contributed by atoms with E-state index in [1.807, 2.05) is 0 Å². The zero-order valence-corrected chi connectivity index (χ0v) is 12.7. The number of halogens is 3. The third-order valence-corrected chi connectivity index (χ3v) is 4.42. The van der Waals surface area contributed by atoms with Crippen LogP contribution in [0.3, 0.4) is 0 Å². The number of rotatable bonds is 3.